The van der Waals surface area contributed by atoms with E-state index in [1.54, 1.807) is 30.3 Å². The number of nitrogen functional groups attached to an aromatic ring is 1. The Balaban J connectivity index is 1.40. The molecular weight excluding hydrogens is 544 g/mol. The van der Waals surface area contributed by atoms with Crippen molar-refractivity contribution in [1.29, 1.82) is 5.41 Å². The van der Waals surface area contributed by atoms with Crippen LogP contribution in [-0.4, -0.2) is 31.2 Å². The molecule has 208 valence electrons. The summed E-state index contributed by atoms with van der Waals surface area (Å²) in [5.41, 5.74) is 14.2. The van der Waals surface area contributed by atoms with Crippen molar-refractivity contribution >= 4 is 49.0 Å². The molecule has 0 bridgehead atoms. The highest BCUT2D eigenvalue weighted by atomic mass is 32.2. The Morgan fingerprint density at radius 3 is 2.52 bits per heavy atom. The number of hydrogen-bond donors (Lipinski definition) is 5. The quantitative estimate of drug-likeness (QED) is 0.147. The highest BCUT2D eigenvalue weighted by molar-refractivity contribution is 7.89. The average molecular weight is 577 g/mol. The highest BCUT2D eigenvalue weighted by Crippen LogP contribution is 2.30. The van der Waals surface area contributed by atoms with Crippen LogP contribution in [0.15, 0.2) is 77.7 Å². The summed E-state index contributed by atoms with van der Waals surface area (Å²) < 4.78 is 31.1. The van der Waals surface area contributed by atoms with Gasteiger partial charge >= 0.3 is 0 Å². The molecule has 4 aromatic rings. The van der Waals surface area contributed by atoms with Crippen molar-refractivity contribution in [2.75, 3.05) is 5.32 Å². The second-order valence-electron chi connectivity index (χ2n) is 10.1. The van der Waals surface area contributed by atoms with Crippen LogP contribution in [0.1, 0.15) is 47.9 Å². The van der Waals surface area contributed by atoms with Gasteiger partial charge in [0.25, 0.3) is 0 Å². The lowest BCUT2D eigenvalue weighted by Gasteiger charge is -2.25. The summed E-state index contributed by atoms with van der Waals surface area (Å²) in [4.78, 5) is 17.6. The lowest BCUT2D eigenvalue weighted by atomic mass is 9.86. The van der Waals surface area contributed by atoms with Gasteiger partial charge in [0.1, 0.15) is 10.8 Å². The van der Waals surface area contributed by atoms with Crippen LogP contribution in [0.25, 0.3) is 10.2 Å². The molecule has 40 heavy (non-hydrogen) atoms. The molecule has 0 aliphatic heterocycles. The first-order valence-electron chi connectivity index (χ1n) is 13.2. The van der Waals surface area contributed by atoms with Crippen molar-refractivity contribution in [2.45, 2.75) is 49.1 Å². The Hall–Kier alpha value is -3.64. The SMILES string of the molecule is N=C(N)c1cccc(C[C@H](NS(=O)(=O)c2cccc(NC(=O)[C@H]3CC[C@H](N)CC3)c2)c2nc3ccccc3s2)c1. The highest BCUT2D eigenvalue weighted by Gasteiger charge is 2.27. The molecule has 9 nitrogen and oxygen atoms in total. The number of amidine groups is 1. The summed E-state index contributed by atoms with van der Waals surface area (Å²) in [6.45, 7) is 0. The van der Waals surface area contributed by atoms with Crippen LogP contribution < -0.4 is 21.5 Å². The maximum Gasteiger partial charge on any atom is 0.241 e. The summed E-state index contributed by atoms with van der Waals surface area (Å²) in [5.74, 6) is -0.312. The number of nitrogens with two attached hydrogens (primary N) is 2. The first kappa shape index (κ1) is 27.9. The van der Waals surface area contributed by atoms with Crippen molar-refractivity contribution in [2.24, 2.45) is 17.4 Å². The normalized spacial score (nSPS) is 18.3. The summed E-state index contributed by atoms with van der Waals surface area (Å²) in [5, 5.41) is 11.3. The fourth-order valence-corrected chi connectivity index (χ4v) is 7.28. The van der Waals surface area contributed by atoms with E-state index in [0.717, 1.165) is 41.5 Å². The number of aromatic nitrogens is 1. The second-order valence-corrected chi connectivity index (χ2v) is 12.9. The molecule has 11 heteroatoms. The Labute approximate surface area is 237 Å². The molecule has 0 spiro atoms. The minimum absolute atomic E-state index is 0.0413. The fraction of sp³-hybridized carbons (Fsp3) is 0.276. The third-order valence-electron chi connectivity index (χ3n) is 7.14. The molecule has 1 fully saturated rings. The number of anilines is 1. The average Bonchev–Trinajstić information content (AvgIpc) is 3.38. The van der Waals surface area contributed by atoms with Crippen molar-refractivity contribution < 1.29 is 13.2 Å². The van der Waals surface area contributed by atoms with Crippen LogP contribution in [0, 0.1) is 11.3 Å². The zero-order valence-corrected chi connectivity index (χ0v) is 23.5. The van der Waals surface area contributed by atoms with Gasteiger partial charge in [0.05, 0.1) is 21.2 Å². The predicted molar refractivity (Wildman–Crippen MR) is 159 cm³/mol. The largest absolute Gasteiger partial charge is 0.384 e. The van der Waals surface area contributed by atoms with Gasteiger partial charge in [-0.3, -0.25) is 10.2 Å². The Bertz CT molecular complexity index is 1610. The Morgan fingerprint density at radius 1 is 1.02 bits per heavy atom. The summed E-state index contributed by atoms with van der Waals surface area (Å²) >= 11 is 1.43. The van der Waals surface area contributed by atoms with Crippen molar-refractivity contribution in [1.82, 2.24) is 9.71 Å². The lowest BCUT2D eigenvalue weighted by Crippen LogP contribution is -2.32. The number of carbonyl (C=O) groups excluding carboxylic acids is 1. The molecule has 1 aliphatic carbocycles. The number of thiazole rings is 1. The fourth-order valence-electron chi connectivity index (χ4n) is 4.94. The topological polar surface area (TPSA) is 164 Å². The first-order valence-corrected chi connectivity index (χ1v) is 15.5. The van der Waals surface area contributed by atoms with Gasteiger partial charge in [0, 0.05) is 23.2 Å². The molecule has 1 aliphatic rings. The number of benzene rings is 3. The minimum Gasteiger partial charge on any atom is -0.384 e. The van der Waals surface area contributed by atoms with Crippen molar-refractivity contribution in [3.05, 3.63) is 88.9 Å². The number of rotatable bonds is 9. The number of nitrogens with one attached hydrogen (secondary N) is 3. The number of amides is 1. The molecule has 0 saturated heterocycles. The number of carbonyl (C=O) groups is 1. The molecule has 0 radical (unpaired) electrons. The van der Waals surface area contributed by atoms with Gasteiger partial charge in [-0.05, 0) is 74.1 Å². The van der Waals surface area contributed by atoms with Crippen LogP contribution in [0.2, 0.25) is 0 Å². The summed E-state index contributed by atoms with van der Waals surface area (Å²) in [6, 6.07) is 20.6. The van der Waals surface area contributed by atoms with E-state index in [1.807, 2.05) is 30.3 Å². The molecule has 3 aromatic carbocycles. The molecule has 1 amide bonds. The molecule has 5 rings (SSSR count). The third-order valence-corrected chi connectivity index (χ3v) is 9.76. The number of sulfonamides is 1. The van der Waals surface area contributed by atoms with Crippen LogP contribution in [0.5, 0.6) is 0 Å². The molecule has 1 atom stereocenters. The smallest absolute Gasteiger partial charge is 0.241 e. The van der Waals surface area contributed by atoms with Gasteiger partial charge < -0.3 is 16.8 Å². The van der Waals surface area contributed by atoms with Gasteiger partial charge in [-0.2, -0.15) is 0 Å². The molecular formula is C29H32N6O3S2. The predicted octanol–water partition coefficient (Wildman–Crippen LogP) is 4.30. The van der Waals surface area contributed by atoms with E-state index in [1.165, 1.54) is 23.5 Å². The summed E-state index contributed by atoms with van der Waals surface area (Å²) in [6.07, 6.45) is 3.36. The van der Waals surface area contributed by atoms with Gasteiger partial charge in [0.2, 0.25) is 15.9 Å². The van der Waals surface area contributed by atoms with Gasteiger partial charge in [-0.1, -0.05) is 36.4 Å². The van der Waals surface area contributed by atoms with E-state index in [2.05, 4.69) is 10.0 Å². The lowest BCUT2D eigenvalue weighted by molar-refractivity contribution is -0.120. The summed E-state index contributed by atoms with van der Waals surface area (Å²) in [7, 11) is -4.00. The Morgan fingerprint density at radius 2 is 1.77 bits per heavy atom. The van der Waals surface area contributed by atoms with Crippen LogP contribution in [-0.2, 0) is 21.2 Å². The van der Waals surface area contributed by atoms with E-state index >= 15 is 0 Å². The molecule has 1 saturated carbocycles. The number of nitrogens with zero attached hydrogens (tertiary/aromatic N) is 1. The van der Waals surface area contributed by atoms with Crippen molar-refractivity contribution in [3.8, 4) is 0 Å². The Kier molecular flexibility index (Phi) is 8.27. The van der Waals surface area contributed by atoms with Crippen LogP contribution in [0.4, 0.5) is 5.69 Å². The van der Waals surface area contributed by atoms with Crippen LogP contribution in [0.3, 0.4) is 0 Å². The zero-order chi connectivity index (χ0) is 28.3. The van der Waals surface area contributed by atoms with E-state index < -0.39 is 16.1 Å². The van der Waals surface area contributed by atoms with Gasteiger partial charge in [-0.15, -0.1) is 11.3 Å². The van der Waals surface area contributed by atoms with Gasteiger partial charge in [-0.25, -0.2) is 18.1 Å². The molecule has 7 N–H and O–H groups in total. The maximum absolute atomic E-state index is 13.7. The molecule has 1 heterocycles. The maximum atomic E-state index is 13.7. The minimum atomic E-state index is -4.00. The first-order chi connectivity index (χ1) is 19.2. The van der Waals surface area contributed by atoms with E-state index in [4.69, 9.17) is 21.9 Å². The van der Waals surface area contributed by atoms with Crippen molar-refractivity contribution in [3.63, 3.8) is 0 Å². The standard InChI is InChI=1S/C29H32N6O3S2/c30-21-13-11-19(12-14-21)28(36)33-22-7-4-8-23(17-22)40(37,38)35-25(16-18-5-3-6-20(15-18)27(31)32)29-34-24-9-1-2-10-26(24)39-29/h1-10,15,17,19,21,25,35H,11-14,16,30H2,(H3,31,32)(H,33,36)/t19-,21-,25-/m0/s1. The van der Waals surface area contributed by atoms with E-state index in [0.29, 0.717) is 22.7 Å². The third kappa shape index (κ3) is 6.56. The van der Waals surface area contributed by atoms with Crippen LogP contribution >= 0.6 is 11.3 Å². The number of hydrogen-bond acceptors (Lipinski definition) is 7. The number of fused-ring (bicyclic) bond motifs is 1. The monoisotopic (exact) mass is 576 g/mol. The molecule has 1 aromatic heterocycles. The van der Waals surface area contributed by atoms with E-state index in [-0.39, 0.29) is 28.6 Å². The zero-order valence-electron chi connectivity index (χ0n) is 21.8. The van der Waals surface area contributed by atoms with E-state index in [9.17, 15) is 13.2 Å². The van der Waals surface area contributed by atoms with Gasteiger partial charge in [0.15, 0.2) is 0 Å². The number of para-hydroxylation sites is 1. The molecule has 0 unspecified atom stereocenters. The second kappa shape index (κ2) is 11.8.